The molecule has 0 unspecified atom stereocenters. The third-order valence-corrected chi connectivity index (χ3v) is 5.33. The SMILES string of the molecule is CCc1ccccc1NC(=O)c1ccc2[nH]c3c(c2c1)CN(C(C)=O)CC3. The van der Waals surface area contributed by atoms with Gasteiger partial charge in [0.2, 0.25) is 5.91 Å². The predicted molar refractivity (Wildman–Crippen MR) is 107 cm³/mol. The van der Waals surface area contributed by atoms with Gasteiger partial charge in [0, 0.05) is 59.8 Å². The number of anilines is 1. The summed E-state index contributed by atoms with van der Waals surface area (Å²) in [5.74, 6) is -0.0351. The predicted octanol–water partition coefficient (Wildman–Crippen LogP) is 3.89. The smallest absolute Gasteiger partial charge is 0.255 e. The lowest BCUT2D eigenvalue weighted by Gasteiger charge is -2.26. The number of benzene rings is 2. The van der Waals surface area contributed by atoms with Crippen LogP contribution in [0.1, 0.15) is 41.0 Å². The molecule has 0 saturated carbocycles. The van der Waals surface area contributed by atoms with Gasteiger partial charge in [-0.15, -0.1) is 0 Å². The maximum Gasteiger partial charge on any atom is 0.255 e. The summed E-state index contributed by atoms with van der Waals surface area (Å²) >= 11 is 0. The number of fused-ring (bicyclic) bond motifs is 3. The highest BCUT2D eigenvalue weighted by atomic mass is 16.2. The highest BCUT2D eigenvalue weighted by molar-refractivity contribution is 6.07. The molecule has 138 valence electrons. The van der Waals surface area contributed by atoms with E-state index in [9.17, 15) is 9.59 Å². The van der Waals surface area contributed by atoms with E-state index >= 15 is 0 Å². The lowest BCUT2D eigenvalue weighted by atomic mass is 10.0. The fourth-order valence-electron chi connectivity index (χ4n) is 3.77. The second-order valence-corrected chi connectivity index (χ2v) is 7.00. The van der Waals surface area contributed by atoms with Gasteiger partial charge in [0.25, 0.3) is 5.91 Å². The number of rotatable bonds is 3. The van der Waals surface area contributed by atoms with E-state index in [0.717, 1.165) is 52.8 Å². The molecule has 1 aliphatic rings. The number of aromatic nitrogens is 1. The number of H-pyrrole nitrogens is 1. The van der Waals surface area contributed by atoms with E-state index in [4.69, 9.17) is 0 Å². The number of hydrogen-bond acceptors (Lipinski definition) is 2. The van der Waals surface area contributed by atoms with Gasteiger partial charge in [-0.1, -0.05) is 25.1 Å². The van der Waals surface area contributed by atoms with Crippen LogP contribution in [-0.4, -0.2) is 28.2 Å². The second-order valence-electron chi connectivity index (χ2n) is 7.00. The van der Waals surface area contributed by atoms with Gasteiger partial charge in [0.05, 0.1) is 0 Å². The van der Waals surface area contributed by atoms with Gasteiger partial charge in [-0.05, 0) is 36.2 Å². The van der Waals surface area contributed by atoms with E-state index in [1.54, 1.807) is 6.92 Å². The molecule has 0 bridgehead atoms. The minimum atomic E-state index is -0.119. The largest absolute Gasteiger partial charge is 0.358 e. The molecule has 5 heteroatoms. The molecule has 2 N–H and O–H groups in total. The second kappa shape index (κ2) is 6.91. The standard InChI is InChI=1S/C22H23N3O2/c1-3-15-6-4-5-7-19(15)24-22(27)16-8-9-20-17(12-16)18-13-25(14(2)26)11-10-21(18)23-20/h4-9,12,23H,3,10-11,13H2,1-2H3,(H,24,27). The van der Waals surface area contributed by atoms with Crippen molar-refractivity contribution in [1.29, 1.82) is 0 Å². The van der Waals surface area contributed by atoms with E-state index in [-0.39, 0.29) is 11.8 Å². The van der Waals surface area contributed by atoms with Crippen molar-refractivity contribution >= 4 is 28.4 Å². The summed E-state index contributed by atoms with van der Waals surface area (Å²) in [6.07, 6.45) is 1.68. The average Bonchev–Trinajstić information content (AvgIpc) is 3.05. The maximum absolute atomic E-state index is 12.8. The lowest BCUT2D eigenvalue weighted by molar-refractivity contribution is -0.129. The molecular formula is C22H23N3O2. The molecule has 0 aliphatic carbocycles. The summed E-state index contributed by atoms with van der Waals surface area (Å²) in [6.45, 7) is 5.00. The molecule has 1 aliphatic heterocycles. The first-order valence-corrected chi connectivity index (χ1v) is 9.35. The zero-order valence-corrected chi connectivity index (χ0v) is 15.6. The molecule has 2 aromatic carbocycles. The van der Waals surface area contributed by atoms with Crippen molar-refractivity contribution in [2.24, 2.45) is 0 Å². The molecule has 0 fully saturated rings. The number of hydrogen-bond donors (Lipinski definition) is 2. The molecule has 2 heterocycles. The van der Waals surface area contributed by atoms with E-state index in [2.05, 4.69) is 17.2 Å². The quantitative estimate of drug-likeness (QED) is 0.743. The Bertz CT molecular complexity index is 1040. The Morgan fingerprint density at radius 1 is 1.19 bits per heavy atom. The number of carbonyl (C=O) groups excluding carboxylic acids is 2. The molecule has 5 nitrogen and oxygen atoms in total. The number of aromatic amines is 1. The fraction of sp³-hybridized carbons (Fsp3) is 0.273. The van der Waals surface area contributed by atoms with Gasteiger partial charge in [-0.3, -0.25) is 9.59 Å². The highest BCUT2D eigenvalue weighted by Crippen LogP contribution is 2.29. The number of amides is 2. The van der Waals surface area contributed by atoms with Crippen LogP contribution in [0.4, 0.5) is 5.69 Å². The van der Waals surface area contributed by atoms with Crippen molar-refractivity contribution in [1.82, 2.24) is 9.88 Å². The summed E-state index contributed by atoms with van der Waals surface area (Å²) in [7, 11) is 0. The molecule has 0 radical (unpaired) electrons. The molecule has 0 saturated heterocycles. The van der Waals surface area contributed by atoms with Crippen LogP contribution in [0.3, 0.4) is 0 Å². The zero-order chi connectivity index (χ0) is 19.0. The first-order chi connectivity index (χ1) is 13.1. The van der Waals surface area contributed by atoms with Crippen molar-refractivity contribution in [2.75, 3.05) is 11.9 Å². The monoisotopic (exact) mass is 361 g/mol. The van der Waals surface area contributed by atoms with E-state index in [1.807, 2.05) is 47.4 Å². The Morgan fingerprint density at radius 3 is 2.78 bits per heavy atom. The first kappa shape index (κ1) is 17.3. The molecule has 2 amide bonds. The van der Waals surface area contributed by atoms with Crippen molar-refractivity contribution in [3.63, 3.8) is 0 Å². The number of para-hydroxylation sites is 1. The Hall–Kier alpha value is -3.08. The summed E-state index contributed by atoms with van der Waals surface area (Å²) in [6, 6.07) is 13.6. The zero-order valence-electron chi connectivity index (χ0n) is 15.6. The van der Waals surface area contributed by atoms with Crippen molar-refractivity contribution in [3.05, 3.63) is 64.8 Å². The van der Waals surface area contributed by atoms with Crippen molar-refractivity contribution in [3.8, 4) is 0 Å². The molecule has 4 rings (SSSR count). The molecule has 0 spiro atoms. The Kier molecular flexibility index (Phi) is 4.44. The van der Waals surface area contributed by atoms with Gasteiger partial charge in [-0.2, -0.15) is 0 Å². The fourth-order valence-corrected chi connectivity index (χ4v) is 3.77. The summed E-state index contributed by atoms with van der Waals surface area (Å²) in [5, 5.41) is 4.05. The summed E-state index contributed by atoms with van der Waals surface area (Å²) in [4.78, 5) is 29.8. The van der Waals surface area contributed by atoms with Gasteiger partial charge in [0.15, 0.2) is 0 Å². The van der Waals surface area contributed by atoms with Crippen LogP contribution in [0.15, 0.2) is 42.5 Å². The van der Waals surface area contributed by atoms with Crippen LogP contribution >= 0.6 is 0 Å². The number of aryl methyl sites for hydroxylation is 1. The lowest BCUT2D eigenvalue weighted by Crippen LogP contribution is -2.33. The molecule has 1 aromatic heterocycles. The number of nitrogens with zero attached hydrogens (tertiary/aromatic N) is 1. The van der Waals surface area contributed by atoms with E-state index in [1.165, 1.54) is 0 Å². The Morgan fingerprint density at radius 2 is 2.00 bits per heavy atom. The van der Waals surface area contributed by atoms with Crippen LogP contribution in [0, 0.1) is 0 Å². The first-order valence-electron chi connectivity index (χ1n) is 9.35. The highest BCUT2D eigenvalue weighted by Gasteiger charge is 2.22. The Labute approximate surface area is 158 Å². The Balaban J connectivity index is 1.66. The topological polar surface area (TPSA) is 65.2 Å². The van der Waals surface area contributed by atoms with Gasteiger partial charge >= 0.3 is 0 Å². The average molecular weight is 361 g/mol. The molecule has 3 aromatic rings. The van der Waals surface area contributed by atoms with Gasteiger partial charge < -0.3 is 15.2 Å². The summed E-state index contributed by atoms with van der Waals surface area (Å²) in [5.41, 5.74) is 5.88. The van der Waals surface area contributed by atoms with E-state index in [0.29, 0.717) is 12.1 Å². The van der Waals surface area contributed by atoms with Crippen LogP contribution < -0.4 is 5.32 Å². The minimum Gasteiger partial charge on any atom is -0.358 e. The minimum absolute atomic E-state index is 0.0834. The molecular weight excluding hydrogens is 338 g/mol. The third kappa shape index (κ3) is 3.21. The summed E-state index contributed by atoms with van der Waals surface area (Å²) < 4.78 is 0. The van der Waals surface area contributed by atoms with Crippen molar-refractivity contribution in [2.45, 2.75) is 33.2 Å². The van der Waals surface area contributed by atoms with Crippen LogP contribution in [-0.2, 0) is 24.2 Å². The van der Waals surface area contributed by atoms with Crippen LogP contribution in [0.2, 0.25) is 0 Å². The number of carbonyl (C=O) groups is 2. The maximum atomic E-state index is 12.8. The molecule has 27 heavy (non-hydrogen) atoms. The van der Waals surface area contributed by atoms with Crippen LogP contribution in [0.25, 0.3) is 10.9 Å². The van der Waals surface area contributed by atoms with E-state index < -0.39 is 0 Å². The normalized spacial score (nSPS) is 13.5. The molecule has 0 atom stereocenters. The van der Waals surface area contributed by atoms with Crippen LogP contribution in [0.5, 0.6) is 0 Å². The van der Waals surface area contributed by atoms with Gasteiger partial charge in [-0.25, -0.2) is 0 Å². The van der Waals surface area contributed by atoms with Gasteiger partial charge in [0.1, 0.15) is 0 Å². The third-order valence-electron chi connectivity index (χ3n) is 5.33. The van der Waals surface area contributed by atoms with Crippen molar-refractivity contribution < 1.29 is 9.59 Å². The number of nitrogens with one attached hydrogen (secondary N) is 2.